The first-order valence-corrected chi connectivity index (χ1v) is 12.4. The van der Waals surface area contributed by atoms with E-state index in [-0.39, 0.29) is 12.4 Å². The molecule has 0 heterocycles. The molecule has 0 saturated carbocycles. The van der Waals surface area contributed by atoms with Crippen LogP contribution in [0.3, 0.4) is 0 Å². The lowest BCUT2D eigenvalue weighted by atomic mass is 10.1. The zero-order valence-electron chi connectivity index (χ0n) is 18.4. The minimum Gasteiger partial charge on any atom is -1.00 e. The van der Waals surface area contributed by atoms with Crippen molar-refractivity contribution in [2.75, 3.05) is 48.5 Å². The summed E-state index contributed by atoms with van der Waals surface area (Å²) in [6.45, 7) is 4.93. The van der Waals surface area contributed by atoms with Gasteiger partial charge in [-0.1, -0.05) is 51.9 Å². The predicted molar refractivity (Wildman–Crippen MR) is 110 cm³/mol. The van der Waals surface area contributed by atoms with Crippen LogP contribution < -0.4 is 12.4 Å². The summed E-state index contributed by atoms with van der Waals surface area (Å²) in [6, 6.07) is 0.934. The van der Waals surface area contributed by atoms with Gasteiger partial charge in [0.2, 0.25) is 0 Å². The van der Waals surface area contributed by atoms with Gasteiger partial charge in [0.05, 0.1) is 27.2 Å². The summed E-state index contributed by atoms with van der Waals surface area (Å²) in [6.07, 6.45) is 14.8. The van der Waals surface area contributed by atoms with E-state index in [1.165, 1.54) is 81.8 Å². The highest BCUT2D eigenvalue weighted by molar-refractivity contribution is 6.60. The third-order valence-corrected chi connectivity index (χ3v) is 8.09. The van der Waals surface area contributed by atoms with Crippen molar-refractivity contribution in [3.63, 3.8) is 0 Å². The molecule has 0 aromatic heterocycles. The average molecular weight is 412 g/mol. The van der Waals surface area contributed by atoms with Crippen LogP contribution in [0, 0.1) is 0 Å². The Morgan fingerprint density at radius 1 is 0.615 bits per heavy atom. The summed E-state index contributed by atoms with van der Waals surface area (Å²) in [4.78, 5) is 0. The number of quaternary nitrogens is 1. The third kappa shape index (κ3) is 14.4. The largest absolute Gasteiger partial charge is 1.00 e. The van der Waals surface area contributed by atoms with E-state index in [1.54, 1.807) is 21.3 Å². The molecule has 0 amide bonds. The molecule has 6 heteroatoms. The van der Waals surface area contributed by atoms with Gasteiger partial charge in [-0.3, -0.25) is 0 Å². The van der Waals surface area contributed by atoms with Gasteiger partial charge in [-0.05, 0) is 25.7 Å². The van der Waals surface area contributed by atoms with Crippen LogP contribution in [-0.2, 0) is 13.3 Å². The zero-order valence-corrected chi connectivity index (χ0v) is 20.2. The van der Waals surface area contributed by atoms with Crippen LogP contribution in [0.15, 0.2) is 0 Å². The standard InChI is InChI=1S/C20H46NO3Si.ClH/c1-7-18-21(2,3)19-16-14-12-10-8-9-11-13-15-17-20-25(22-4,23-5)24-6;/h7-20H2,1-6H3;1H/q+1;/p-1. The van der Waals surface area contributed by atoms with Crippen molar-refractivity contribution in [3.05, 3.63) is 0 Å². The normalized spacial score (nSPS) is 12.2. The van der Waals surface area contributed by atoms with Crippen LogP contribution in [0.25, 0.3) is 0 Å². The number of rotatable bonds is 18. The monoisotopic (exact) mass is 411 g/mol. The second-order valence-electron chi connectivity index (χ2n) is 7.96. The predicted octanol–water partition coefficient (Wildman–Crippen LogP) is 2.26. The lowest BCUT2D eigenvalue weighted by Gasteiger charge is -2.29. The van der Waals surface area contributed by atoms with E-state index in [4.69, 9.17) is 13.3 Å². The molecule has 4 nitrogen and oxygen atoms in total. The fourth-order valence-corrected chi connectivity index (χ4v) is 5.36. The maximum absolute atomic E-state index is 5.46. The first-order chi connectivity index (χ1) is 11.9. The Morgan fingerprint density at radius 3 is 1.38 bits per heavy atom. The summed E-state index contributed by atoms with van der Waals surface area (Å²) < 4.78 is 17.6. The van der Waals surface area contributed by atoms with E-state index in [1.807, 2.05) is 0 Å². The van der Waals surface area contributed by atoms with E-state index in [0.717, 1.165) is 12.5 Å². The van der Waals surface area contributed by atoms with Crippen molar-refractivity contribution >= 4 is 8.80 Å². The van der Waals surface area contributed by atoms with Crippen LogP contribution in [0.4, 0.5) is 0 Å². The summed E-state index contributed by atoms with van der Waals surface area (Å²) in [5.74, 6) is 0. The first-order valence-electron chi connectivity index (χ1n) is 10.4. The molecule has 0 saturated heterocycles. The average Bonchev–Trinajstić information content (AvgIpc) is 2.59. The van der Waals surface area contributed by atoms with Gasteiger partial charge in [0.1, 0.15) is 0 Å². The molecule has 0 aromatic rings. The first kappa shape index (κ1) is 28.6. The number of unbranched alkanes of at least 4 members (excludes halogenated alkanes) is 9. The molecule has 0 atom stereocenters. The molecular formula is C20H46ClNO3Si. The quantitative estimate of drug-likeness (QED) is 0.197. The van der Waals surface area contributed by atoms with Crippen molar-refractivity contribution in [1.29, 1.82) is 0 Å². The van der Waals surface area contributed by atoms with E-state index in [9.17, 15) is 0 Å². The highest BCUT2D eigenvalue weighted by Gasteiger charge is 2.36. The van der Waals surface area contributed by atoms with Crippen molar-refractivity contribution in [1.82, 2.24) is 0 Å². The van der Waals surface area contributed by atoms with E-state index in [0.29, 0.717) is 0 Å². The fraction of sp³-hybridized carbons (Fsp3) is 1.00. The van der Waals surface area contributed by atoms with Gasteiger partial charge in [-0.2, -0.15) is 0 Å². The van der Waals surface area contributed by atoms with Gasteiger partial charge < -0.3 is 30.2 Å². The number of halogens is 1. The molecule has 0 aliphatic rings. The Labute approximate surface area is 171 Å². The van der Waals surface area contributed by atoms with Crippen LogP contribution >= 0.6 is 0 Å². The number of hydrogen-bond donors (Lipinski definition) is 0. The molecule has 26 heavy (non-hydrogen) atoms. The molecule has 0 rings (SSSR count). The summed E-state index contributed by atoms with van der Waals surface area (Å²) >= 11 is 0. The third-order valence-electron chi connectivity index (χ3n) is 5.26. The van der Waals surface area contributed by atoms with Gasteiger partial charge in [0, 0.05) is 27.4 Å². The topological polar surface area (TPSA) is 27.7 Å². The lowest BCUT2D eigenvalue weighted by molar-refractivity contribution is -0.890. The van der Waals surface area contributed by atoms with Gasteiger partial charge in [-0.25, -0.2) is 0 Å². The maximum Gasteiger partial charge on any atom is 0.500 e. The summed E-state index contributed by atoms with van der Waals surface area (Å²) in [7, 11) is 7.49. The summed E-state index contributed by atoms with van der Waals surface area (Å²) in [5, 5.41) is 0. The van der Waals surface area contributed by atoms with Crippen molar-refractivity contribution in [2.24, 2.45) is 0 Å². The van der Waals surface area contributed by atoms with Crippen molar-refractivity contribution < 1.29 is 30.2 Å². The Balaban J connectivity index is 0. The molecule has 160 valence electrons. The number of hydrogen-bond acceptors (Lipinski definition) is 3. The van der Waals surface area contributed by atoms with Gasteiger partial charge in [0.25, 0.3) is 0 Å². The van der Waals surface area contributed by atoms with E-state index in [2.05, 4.69) is 21.0 Å². The Morgan fingerprint density at radius 2 is 1.00 bits per heavy atom. The van der Waals surface area contributed by atoms with Crippen LogP contribution in [0.2, 0.25) is 6.04 Å². The second kappa shape index (κ2) is 17.4. The Kier molecular flexibility index (Phi) is 19.2. The van der Waals surface area contributed by atoms with Crippen LogP contribution in [-0.4, -0.2) is 61.8 Å². The van der Waals surface area contributed by atoms with Gasteiger partial charge in [-0.15, -0.1) is 0 Å². The minimum absolute atomic E-state index is 0. The highest BCUT2D eigenvalue weighted by atomic mass is 35.5. The second-order valence-corrected chi connectivity index (χ2v) is 11.1. The Hall–Kier alpha value is 0.347. The van der Waals surface area contributed by atoms with Crippen molar-refractivity contribution in [2.45, 2.75) is 83.6 Å². The Bertz CT molecular complexity index is 295. The minimum atomic E-state index is -2.33. The molecule has 0 fully saturated rings. The molecule has 0 N–H and O–H groups in total. The number of nitrogens with zero attached hydrogens (tertiary/aromatic N) is 1. The molecule has 0 unspecified atom stereocenters. The molecule has 0 spiro atoms. The molecule has 0 bridgehead atoms. The fourth-order valence-electron chi connectivity index (χ4n) is 3.57. The molecular weight excluding hydrogens is 366 g/mol. The van der Waals surface area contributed by atoms with Gasteiger partial charge in [0.15, 0.2) is 0 Å². The van der Waals surface area contributed by atoms with E-state index >= 15 is 0 Å². The zero-order chi connectivity index (χ0) is 19.0. The van der Waals surface area contributed by atoms with Crippen LogP contribution in [0.1, 0.15) is 77.6 Å². The molecule has 0 aliphatic carbocycles. The highest BCUT2D eigenvalue weighted by Crippen LogP contribution is 2.18. The maximum atomic E-state index is 5.46. The lowest BCUT2D eigenvalue weighted by Crippen LogP contribution is -3.00. The SMILES string of the molecule is CCC[N+](C)(C)CCCCCCCCCCCC[Si](OC)(OC)OC.[Cl-]. The molecule has 0 radical (unpaired) electrons. The van der Waals surface area contributed by atoms with Crippen LogP contribution in [0.5, 0.6) is 0 Å². The molecule has 0 aromatic carbocycles. The summed E-state index contributed by atoms with van der Waals surface area (Å²) in [5.41, 5.74) is 0. The smallest absolute Gasteiger partial charge is 0.500 e. The molecule has 0 aliphatic heterocycles. The van der Waals surface area contributed by atoms with Crippen molar-refractivity contribution in [3.8, 4) is 0 Å². The van der Waals surface area contributed by atoms with E-state index < -0.39 is 8.80 Å². The van der Waals surface area contributed by atoms with Gasteiger partial charge >= 0.3 is 8.80 Å².